The number of carbonyl (C=O) groups is 1. The fraction of sp³-hybridized carbons (Fsp3) is 0.278. The molecule has 4 nitrogen and oxygen atoms in total. The monoisotopic (exact) mass is 333 g/mol. The molecule has 0 radical (unpaired) electrons. The Morgan fingerprint density at radius 3 is 2.48 bits per heavy atom. The molecule has 122 valence electrons. The van der Waals surface area contributed by atoms with E-state index >= 15 is 0 Å². The lowest BCUT2D eigenvalue weighted by molar-refractivity contribution is 0.0939. The molecule has 0 spiro atoms. The minimum atomic E-state index is -0.172. The van der Waals surface area contributed by atoms with Crippen LogP contribution in [0.4, 0.5) is 0 Å². The zero-order valence-electron chi connectivity index (χ0n) is 13.4. The molecule has 1 N–H and O–H groups in total. The third-order valence-corrected chi connectivity index (χ3v) is 3.70. The van der Waals surface area contributed by atoms with Crippen LogP contribution in [0.1, 0.15) is 35.8 Å². The van der Waals surface area contributed by atoms with Gasteiger partial charge in [0.05, 0.1) is 19.8 Å². The van der Waals surface area contributed by atoms with E-state index in [1.807, 2.05) is 26.0 Å². The normalized spacial score (nSPS) is 11.7. The maximum Gasteiger partial charge on any atom is 0.251 e. The fourth-order valence-electron chi connectivity index (χ4n) is 2.20. The average Bonchev–Trinajstić information content (AvgIpc) is 2.55. The van der Waals surface area contributed by atoms with E-state index in [0.29, 0.717) is 28.7 Å². The van der Waals surface area contributed by atoms with Gasteiger partial charge >= 0.3 is 0 Å². The lowest BCUT2D eigenvalue weighted by Crippen LogP contribution is -2.26. The van der Waals surface area contributed by atoms with Crippen LogP contribution in [0.25, 0.3) is 0 Å². The number of carbonyl (C=O) groups excluding carboxylic acids is 1. The lowest BCUT2D eigenvalue weighted by atomic mass is 10.1. The van der Waals surface area contributed by atoms with E-state index in [0.717, 1.165) is 5.56 Å². The predicted octanol–water partition coefficient (Wildman–Crippen LogP) is 4.24. The van der Waals surface area contributed by atoms with Gasteiger partial charge in [0.15, 0.2) is 11.5 Å². The number of hydrogen-bond acceptors (Lipinski definition) is 3. The van der Waals surface area contributed by atoms with Crippen LogP contribution >= 0.6 is 11.6 Å². The van der Waals surface area contributed by atoms with Crippen LogP contribution in [-0.2, 0) is 0 Å². The van der Waals surface area contributed by atoms with E-state index in [1.54, 1.807) is 37.4 Å². The number of benzene rings is 2. The van der Waals surface area contributed by atoms with Crippen molar-refractivity contribution < 1.29 is 14.3 Å². The van der Waals surface area contributed by atoms with Crippen molar-refractivity contribution >= 4 is 17.5 Å². The first-order chi connectivity index (χ1) is 11.0. The number of amides is 1. The number of nitrogens with one attached hydrogen (secondary N) is 1. The standard InChI is InChI=1S/C18H20ClNO3/c1-4-23-16-10-7-14(11-17(16)22-3)18(21)20-12(2)13-5-8-15(19)9-6-13/h5-12H,4H2,1-3H3,(H,20,21). The van der Waals surface area contributed by atoms with E-state index in [4.69, 9.17) is 21.1 Å². The highest BCUT2D eigenvalue weighted by Gasteiger charge is 2.14. The second-order valence-electron chi connectivity index (χ2n) is 5.05. The SMILES string of the molecule is CCOc1ccc(C(=O)NC(C)c2ccc(Cl)cc2)cc1OC. The van der Waals surface area contributed by atoms with E-state index in [1.165, 1.54) is 0 Å². The molecule has 5 heteroatoms. The van der Waals surface area contributed by atoms with Crippen LogP contribution in [0, 0.1) is 0 Å². The predicted molar refractivity (Wildman–Crippen MR) is 91.5 cm³/mol. The van der Waals surface area contributed by atoms with E-state index < -0.39 is 0 Å². The molecule has 0 aliphatic rings. The molecule has 2 aromatic rings. The summed E-state index contributed by atoms with van der Waals surface area (Å²) in [6.07, 6.45) is 0. The third kappa shape index (κ3) is 4.39. The molecule has 0 bridgehead atoms. The van der Waals surface area contributed by atoms with Gasteiger partial charge in [-0.1, -0.05) is 23.7 Å². The van der Waals surface area contributed by atoms with Gasteiger partial charge < -0.3 is 14.8 Å². The average molecular weight is 334 g/mol. The van der Waals surface area contributed by atoms with Gasteiger partial charge in [0.2, 0.25) is 0 Å². The van der Waals surface area contributed by atoms with Crippen molar-refractivity contribution in [2.24, 2.45) is 0 Å². The number of ether oxygens (including phenoxy) is 2. The zero-order chi connectivity index (χ0) is 16.8. The van der Waals surface area contributed by atoms with Gasteiger partial charge in [-0.25, -0.2) is 0 Å². The number of rotatable bonds is 6. The zero-order valence-corrected chi connectivity index (χ0v) is 14.2. The summed E-state index contributed by atoms with van der Waals surface area (Å²) < 4.78 is 10.7. The van der Waals surface area contributed by atoms with E-state index in [-0.39, 0.29) is 11.9 Å². The van der Waals surface area contributed by atoms with Crippen LogP contribution in [0.5, 0.6) is 11.5 Å². The van der Waals surface area contributed by atoms with Gasteiger partial charge in [-0.3, -0.25) is 4.79 Å². The number of methoxy groups -OCH3 is 1. The maximum absolute atomic E-state index is 12.4. The summed E-state index contributed by atoms with van der Waals surface area (Å²) in [5, 5.41) is 3.63. The molecular weight excluding hydrogens is 314 g/mol. The van der Waals surface area contributed by atoms with Crippen molar-refractivity contribution in [1.29, 1.82) is 0 Å². The summed E-state index contributed by atoms with van der Waals surface area (Å²) in [4.78, 5) is 12.4. The first kappa shape index (κ1) is 17.2. The molecular formula is C18H20ClNO3. The van der Waals surface area contributed by atoms with Crippen molar-refractivity contribution in [1.82, 2.24) is 5.32 Å². The Kier molecular flexibility index (Phi) is 5.88. The van der Waals surface area contributed by atoms with E-state index in [9.17, 15) is 4.79 Å². The second-order valence-corrected chi connectivity index (χ2v) is 5.48. The molecule has 0 aromatic heterocycles. The fourth-order valence-corrected chi connectivity index (χ4v) is 2.32. The van der Waals surface area contributed by atoms with E-state index in [2.05, 4.69) is 5.32 Å². The van der Waals surface area contributed by atoms with Crippen molar-refractivity contribution in [3.8, 4) is 11.5 Å². The molecule has 0 saturated carbocycles. The highest BCUT2D eigenvalue weighted by molar-refractivity contribution is 6.30. The highest BCUT2D eigenvalue weighted by Crippen LogP contribution is 2.28. The summed E-state index contributed by atoms with van der Waals surface area (Å²) in [6, 6.07) is 12.4. The molecule has 23 heavy (non-hydrogen) atoms. The maximum atomic E-state index is 12.4. The van der Waals surface area contributed by atoms with Crippen LogP contribution in [0.2, 0.25) is 5.02 Å². The molecule has 1 atom stereocenters. The summed E-state index contributed by atoms with van der Waals surface area (Å²) in [5.74, 6) is 0.991. The van der Waals surface area contributed by atoms with Crippen molar-refractivity contribution in [2.75, 3.05) is 13.7 Å². The molecule has 0 saturated heterocycles. The molecule has 1 amide bonds. The summed E-state index contributed by atoms with van der Waals surface area (Å²) in [7, 11) is 1.55. The molecule has 1 unspecified atom stereocenters. The van der Waals surface area contributed by atoms with Crippen LogP contribution in [-0.4, -0.2) is 19.6 Å². The van der Waals surface area contributed by atoms with Gasteiger partial charge in [0.1, 0.15) is 0 Å². The Morgan fingerprint density at radius 2 is 1.87 bits per heavy atom. The summed E-state index contributed by atoms with van der Waals surface area (Å²) in [6.45, 7) is 4.36. The van der Waals surface area contributed by atoms with Crippen molar-refractivity contribution in [3.05, 3.63) is 58.6 Å². The Balaban J connectivity index is 2.12. The third-order valence-electron chi connectivity index (χ3n) is 3.44. The Morgan fingerprint density at radius 1 is 1.17 bits per heavy atom. The van der Waals surface area contributed by atoms with Crippen molar-refractivity contribution in [2.45, 2.75) is 19.9 Å². The highest BCUT2D eigenvalue weighted by atomic mass is 35.5. The van der Waals surface area contributed by atoms with Gasteiger partial charge in [0, 0.05) is 10.6 Å². The van der Waals surface area contributed by atoms with Gasteiger partial charge in [0.25, 0.3) is 5.91 Å². The second kappa shape index (κ2) is 7.88. The number of hydrogen-bond donors (Lipinski definition) is 1. The first-order valence-corrected chi connectivity index (χ1v) is 7.80. The molecule has 2 rings (SSSR count). The Bertz CT molecular complexity index is 670. The molecule has 0 heterocycles. The minimum Gasteiger partial charge on any atom is -0.493 e. The smallest absolute Gasteiger partial charge is 0.251 e. The van der Waals surface area contributed by atoms with Crippen molar-refractivity contribution in [3.63, 3.8) is 0 Å². The molecule has 0 aliphatic carbocycles. The van der Waals surface area contributed by atoms with Gasteiger partial charge in [-0.15, -0.1) is 0 Å². The largest absolute Gasteiger partial charge is 0.493 e. The van der Waals surface area contributed by atoms with Crippen LogP contribution in [0.3, 0.4) is 0 Å². The first-order valence-electron chi connectivity index (χ1n) is 7.42. The number of halogens is 1. The molecule has 2 aromatic carbocycles. The summed E-state index contributed by atoms with van der Waals surface area (Å²) >= 11 is 5.88. The minimum absolute atomic E-state index is 0.127. The van der Waals surface area contributed by atoms with Crippen LogP contribution < -0.4 is 14.8 Å². The Labute approximate surface area is 141 Å². The van der Waals surface area contributed by atoms with Gasteiger partial charge in [-0.05, 0) is 49.7 Å². The topological polar surface area (TPSA) is 47.6 Å². The Hall–Kier alpha value is -2.20. The summed E-state index contributed by atoms with van der Waals surface area (Å²) in [5.41, 5.74) is 1.51. The molecule has 0 fully saturated rings. The lowest BCUT2D eigenvalue weighted by Gasteiger charge is -2.15. The van der Waals surface area contributed by atoms with Gasteiger partial charge in [-0.2, -0.15) is 0 Å². The quantitative estimate of drug-likeness (QED) is 0.860. The van der Waals surface area contributed by atoms with Crippen LogP contribution in [0.15, 0.2) is 42.5 Å². The molecule has 0 aliphatic heterocycles.